The normalized spacial score (nSPS) is 34.5. The van der Waals surface area contributed by atoms with E-state index in [0.717, 1.165) is 51.4 Å². The van der Waals surface area contributed by atoms with Crippen LogP contribution in [0.2, 0.25) is 0 Å². The number of carbonyl (C=O) groups is 1. The van der Waals surface area contributed by atoms with Gasteiger partial charge < -0.3 is 5.21 Å². The summed E-state index contributed by atoms with van der Waals surface area (Å²) < 4.78 is 0. The van der Waals surface area contributed by atoms with E-state index in [4.69, 9.17) is 4.84 Å². The van der Waals surface area contributed by atoms with Crippen molar-refractivity contribution < 1.29 is 14.8 Å². The van der Waals surface area contributed by atoms with Crippen molar-refractivity contribution >= 4 is 11.6 Å². The van der Waals surface area contributed by atoms with Gasteiger partial charge in [-0.2, -0.15) is 0 Å². The molecule has 0 aromatic heterocycles. The number of rotatable bonds is 1. The molecule has 1 heterocycles. The maximum Gasteiger partial charge on any atom is 0.259 e. The van der Waals surface area contributed by atoms with E-state index in [2.05, 4.69) is 11.2 Å². The molecule has 5 heteroatoms. The largest absolute Gasteiger partial charge is 0.411 e. The van der Waals surface area contributed by atoms with Crippen LogP contribution in [0.1, 0.15) is 51.4 Å². The van der Waals surface area contributed by atoms with E-state index >= 15 is 0 Å². The van der Waals surface area contributed by atoms with Crippen molar-refractivity contribution in [3.8, 4) is 0 Å². The van der Waals surface area contributed by atoms with Gasteiger partial charge in [-0.15, -0.1) is 0 Å². The Kier molecular flexibility index (Phi) is 3.32. The van der Waals surface area contributed by atoms with E-state index in [1.165, 1.54) is 12.2 Å². The first-order valence-corrected chi connectivity index (χ1v) is 7.51. The standard InChI is InChI=1S/C15H22N2O3/c1-20-17-13(18)14(8-4-2-5-9-14)12(16-19)15(17)10-6-3-7-11-15/h6,10,19H,2-5,7-9,11H2,1H3. The molecule has 1 unspecified atom stereocenters. The molecule has 5 nitrogen and oxygen atoms in total. The number of hydrogen-bond donors (Lipinski definition) is 1. The molecule has 2 aliphatic carbocycles. The average molecular weight is 278 g/mol. The van der Waals surface area contributed by atoms with Gasteiger partial charge in [-0.1, -0.05) is 36.6 Å². The van der Waals surface area contributed by atoms with Crippen LogP contribution in [0.3, 0.4) is 0 Å². The minimum Gasteiger partial charge on any atom is -0.411 e. The van der Waals surface area contributed by atoms with E-state index in [-0.39, 0.29) is 5.91 Å². The third-order valence-electron chi connectivity index (χ3n) is 5.13. The number of oxime groups is 1. The third kappa shape index (κ3) is 1.59. The van der Waals surface area contributed by atoms with Gasteiger partial charge in [-0.05, 0) is 32.1 Å². The zero-order valence-corrected chi connectivity index (χ0v) is 12.0. The molecule has 1 amide bonds. The fourth-order valence-electron chi connectivity index (χ4n) is 4.24. The smallest absolute Gasteiger partial charge is 0.259 e. The second-order valence-corrected chi connectivity index (χ2v) is 6.09. The lowest BCUT2D eigenvalue weighted by molar-refractivity contribution is -0.191. The summed E-state index contributed by atoms with van der Waals surface area (Å²) in [4.78, 5) is 18.3. The second-order valence-electron chi connectivity index (χ2n) is 6.09. The van der Waals surface area contributed by atoms with E-state index in [9.17, 15) is 10.0 Å². The van der Waals surface area contributed by atoms with Crippen LogP contribution in [0.4, 0.5) is 0 Å². The molecule has 2 fully saturated rings. The van der Waals surface area contributed by atoms with E-state index in [0.29, 0.717) is 5.71 Å². The first-order chi connectivity index (χ1) is 9.71. The third-order valence-corrected chi connectivity index (χ3v) is 5.13. The highest BCUT2D eigenvalue weighted by molar-refractivity contribution is 6.19. The molecular weight excluding hydrogens is 256 g/mol. The summed E-state index contributed by atoms with van der Waals surface area (Å²) in [7, 11) is 1.53. The summed E-state index contributed by atoms with van der Waals surface area (Å²) in [6.07, 6.45) is 11.5. The second kappa shape index (κ2) is 4.88. The highest BCUT2D eigenvalue weighted by Crippen LogP contribution is 2.52. The van der Waals surface area contributed by atoms with Crippen molar-refractivity contribution in [3.05, 3.63) is 12.2 Å². The monoisotopic (exact) mass is 278 g/mol. The van der Waals surface area contributed by atoms with Gasteiger partial charge in [-0.25, -0.2) is 5.06 Å². The Bertz CT molecular complexity index is 466. The van der Waals surface area contributed by atoms with Gasteiger partial charge >= 0.3 is 0 Å². The molecule has 20 heavy (non-hydrogen) atoms. The average Bonchev–Trinajstić information content (AvgIpc) is 2.66. The number of nitrogens with zero attached hydrogens (tertiary/aromatic N) is 2. The Labute approximate surface area is 119 Å². The summed E-state index contributed by atoms with van der Waals surface area (Å²) in [5.41, 5.74) is -0.714. The summed E-state index contributed by atoms with van der Waals surface area (Å²) in [6, 6.07) is 0. The van der Waals surface area contributed by atoms with Gasteiger partial charge in [0.05, 0.1) is 12.5 Å². The van der Waals surface area contributed by atoms with Crippen LogP contribution < -0.4 is 0 Å². The van der Waals surface area contributed by atoms with Crippen molar-refractivity contribution in [2.75, 3.05) is 7.11 Å². The van der Waals surface area contributed by atoms with Crippen LogP contribution in [-0.4, -0.2) is 34.5 Å². The van der Waals surface area contributed by atoms with Gasteiger partial charge in [0.15, 0.2) is 0 Å². The van der Waals surface area contributed by atoms with Crippen molar-refractivity contribution in [2.24, 2.45) is 10.6 Å². The summed E-state index contributed by atoms with van der Waals surface area (Å²) >= 11 is 0. The fraction of sp³-hybridized carbons (Fsp3) is 0.733. The first-order valence-electron chi connectivity index (χ1n) is 7.51. The number of carbonyl (C=O) groups excluding carboxylic acids is 1. The molecule has 1 N–H and O–H groups in total. The van der Waals surface area contributed by atoms with Gasteiger partial charge in [0.25, 0.3) is 5.91 Å². The SMILES string of the molecule is CON1C(=O)C2(CCCCC2)C(=NO)C12C=CCCC2. The van der Waals surface area contributed by atoms with Crippen molar-refractivity contribution in [3.63, 3.8) is 0 Å². The zero-order chi connectivity index (χ0) is 14.2. The lowest BCUT2D eigenvalue weighted by Gasteiger charge is -2.36. The Morgan fingerprint density at radius 1 is 1.25 bits per heavy atom. The molecule has 0 aromatic rings. The lowest BCUT2D eigenvalue weighted by Crippen LogP contribution is -2.48. The number of allylic oxidation sites excluding steroid dienone is 1. The Morgan fingerprint density at radius 3 is 2.55 bits per heavy atom. The van der Waals surface area contributed by atoms with Crippen molar-refractivity contribution in [1.29, 1.82) is 0 Å². The number of hydrogen-bond acceptors (Lipinski definition) is 4. The molecule has 1 atom stereocenters. The summed E-state index contributed by atoms with van der Waals surface area (Å²) in [5, 5.41) is 14.7. The van der Waals surface area contributed by atoms with Gasteiger partial charge in [-0.3, -0.25) is 9.63 Å². The molecule has 0 aromatic carbocycles. The lowest BCUT2D eigenvalue weighted by atomic mass is 9.67. The zero-order valence-electron chi connectivity index (χ0n) is 12.0. The Morgan fingerprint density at radius 2 is 2.00 bits per heavy atom. The van der Waals surface area contributed by atoms with Crippen LogP contribution in [0.5, 0.6) is 0 Å². The molecular formula is C15H22N2O3. The van der Waals surface area contributed by atoms with Gasteiger partial charge in [0.2, 0.25) is 0 Å². The summed E-state index contributed by atoms with van der Waals surface area (Å²) in [6.45, 7) is 0. The van der Waals surface area contributed by atoms with Crippen LogP contribution in [0.25, 0.3) is 0 Å². The first kappa shape index (κ1) is 13.6. The van der Waals surface area contributed by atoms with E-state index in [1.807, 2.05) is 6.08 Å². The molecule has 3 aliphatic rings. The molecule has 2 spiro atoms. The quantitative estimate of drug-likeness (QED) is 0.455. The predicted octanol–water partition coefficient (Wildman–Crippen LogP) is 2.65. The maximum atomic E-state index is 12.9. The molecule has 1 saturated carbocycles. The van der Waals surface area contributed by atoms with Crippen molar-refractivity contribution in [2.45, 2.75) is 56.9 Å². The number of amides is 1. The minimum absolute atomic E-state index is 0.0287. The van der Waals surface area contributed by atoms with Crippen LogP contribution in [-0.2, 0) is 9.63 Å². The van der Waals surface area contributed by atoms with Crippen LogP contribution in [0.15, 0.2) is 17.3 Å². The molecule has 0 bridgehead atoms. The fourth-order valence-corrected chi connectivity index (χ4v) is 4.24. The van der Waals surface area contributed by atoms with Crippen LogP contribution in [0, 0.1) is 5.41 Å². The highest BCUT2D eigenvalue weighted by Gasteiger charge is 2.65. The topological polar surface area (TPSA) is 62.1 Å². The molecule has 1 saturated heterocycles. The van der Waals surface area contributed by atoms with Crippen molar-refractivity contribution in [1.82, 2.24) is 5.06 Å². The minimum atomic E-state index is -0.670. The van der Waals surface area contributed by atoms with Gasteiger partial charge in [0, 0.05) is 0 Å². The summed E-state index contributed by atoms with van der Waals surface area (Å²) in [5.74, 6) is -0.0287. The molecule has 1 aliphatic heterocycles. The Hall–Kier alpha value is -1.36. The molecule has 110 valence electrons. The molecule has 3 rings (SSSR count). The number of hydroxylamine groups is 2. The van der Waals surface area contributed by atoms with Gasteiger partial charge in [0.1, 0.15) is 11.3 Å². The van der Waals surface area contributed by atoms with E-state index < -0.39 is 11.0 Å². The highest BCUT2D eigenvalue weighted by atomic mass is 16.7. The predicted molar refractivity (Wildman–Crippen MR) is 74.3 cm³/mol. The maximum absolute atomic E-state index is 12.9. The molecule has 0 radical (unpaired) electrons. The Balaban J connectivity index is 2.13. The van der Waals surface area contributed by atoms with Crippen LogP contribution >= 0.6 is 0 Å². The van der Waals surface area contributed by atoms with E-state index in [1.54, 1.807) is 0 Å².